The van der Waals surface area contributed by atoms with Crippen LogP contribution in [0.25, 0.3) is 84.0 Å². The lowest BCUT2D eigenvalue weighted by Gasteiger charge is -2.13. The molecule has 3 heterocycles. The zero-order valence-electron chi connectivity index (χ0n) is 27.1. The summed E-state index contributed by atoms with van der Waals surface area (Å²) in [6.07, 6.45) is 3.83. The van der Waals surface area contributed by atoms with Gasteiger partial charge >= 0.3 is 0 Å². The van der Waals surface area contributed by atoms with E-state index in [-0.39, 0.29) is 0 Å². The number of fused-ring (bicyclic) bond motifs is 7. The van der Waals surface area contributed by atoms with Crippen LogP contribution in [0.4, 0.5) is 0 Å². The molecule has 50 heavy (non-hydrogen) atoms. The van der Waals surface area contributed by atoms with Gasteiger partial charge in [-0.15, -0.1) is 0 Å². The molecule has 1 aliphatic carbocycles. The molecule has 0 spiro atoms. The van der Waals surface area contributed by atoms with Crippen LogP contribution in [-0.4, -0.2) is 19.5 Å². The maximum atomic E-state index is 6.70. The normalized spacial score (nSPS) is 12.8. The van der Waals surface area contributed by atoms with Crippen LogP contribution in [0, 0.1) is 0 Å². The molecule has 1 aliphatic rings. The summed E-state index contributed by atoms with van der Waals surface area (Å²) in [6.45, 7) is 0. The summed E-state index contributed by atoms with van der Waals surface area (Å²) >= 11 is 0. The van der Waals surface area contributed by atoms with E-state index in [4.69, 9.17) is 19.4 Å². The molecule has 0 atom stereocenters. The fraction of sp³-hybridized carbons (Fsp3) is 0.0444. The first-order valence-electron chi connectivity index (χ1n) is 17.0. The van der Waals surface area contributed by atoms with E-state index in [2.05, 4.69) is 126 Å². The molecule has 0 aliphatic heterocycles. The van der Waals surface area contributed by atoms with Crippen molar-refractivity contribution in [1.29, 1.82) is 0 Å². The molecule has 10 rings (SSSR count). The van der Waals surface area contributed by atoms with Crippen LogP contribution in [0.3, 0.4) is 0 Å². The monoisotopic (exact) mass is 642 g/mol. The largest absolute Gasteiger partial charge is 0.456 e. The van der Waals surface area contributed by atoms with Crippen molar-refractivity contribution in [2.75, 3.05) is 0 Å². The van der Waals surface area contributed by atoms with E-state index < -0.39 is 0 Å². The average molecular weight is 643 g/mol. The summed E-state index contributed by atoms with van der Waals surface area (Å²) in [5.74, 6) is 1.99. The fourth-order valence-electron chi connectivity index (χ4n) is 7.46. The van der Waals surface area contributed by atoms with Gasteiger partial charge < -0.3 is 8.98 Å². The molecule has 0 radical (unpaired) electrons. The first-order chi connectivity index (χ1) is 24.8. The maximum Gasteiger partial charge on any atom is 0.164 e. The van der Waals surface area contributed by atoms with E-state index in [9.17, 15) is 0 Å². The highest BCUT2D eigenvalue weighted by Crippen LogP contribution is 2.37. The van der Waals surface area contributed by atoms with E-state index >= 15 is 0 Å². The number of hydrogen-bond acceptors (Lipinski definition) is 4. The maximum absolute atomic E-state index is 6.70. The number of nitrogens with zero attached hydrogens (tertiary/aromatic N) is 4. The Morgan fingerprint density at radius 2 is 1.14 bits per heavy atom. The summed E-state index contributed by atoms with van der Waals surface area (Å²) in [7, 11) is 0. The van der Waals surface area contributed by atoms with Crippen molar-refractivity contribution >= 4 is 44.4 Å². The van der Waals surface area contributed by atoms with Crippen LogP contribution in [0.1, 0.15) is 18.7 Å². The highest BCUT2D eigenvalue weighted by atomic mass is 16.3. The van der Waals surface area contributed by atoms with Gasteiger partial charge in [-0.3, -0.25) is 0 Å². The van der Waals surface area contributed by atoms with Crippen molar-refractivity contribution in [3.8, 4) is 39.6 Å². The second-order valence-electron chi connectivity index (χ2n) is 12.7. The Morgan fingerprint density at radius 1 is 0.520 bits per heavy atom. The third kappa shape index (κ3) is 4.59. The third-order valence-corrected chi connectivity index (χ3v) is 9.72. The summed E-state index contributed by atoms with van der Waals surface area (Å²) in [6, 6.07) is 52.7. The van der Waals surface area contributed by atoms with Gasteiger partial charge in [0.2, 0.25) is 0 Å². The van der Waals surface area contributed by atoms with Crippen LogP contribution in [-0.2, 0) is 0 Å². The minimum atomic E-state index is 0.655. The smallest absolute Gasteiger partial charge is 0.164 e. The first kappa shape index (κ1) is 28.4. The van der Waals surface area contributed by atoms with Gasteiger partial charge in [0, 0.05) is 38.4 Å². The number of benzene rings is 6. The number of furan rings is 1. The van der Waals surface area contributed by atoms with Crippen molar-refractivity contribution in [3.05, 3.63) is 168 Å². The van der Waals surface area contributed by atoms with E-state index in [1.807, 2.05) is 36.4 Å². The third-order valence-electron chi connectivity index (χ3n) is 9.72. The lowest BCUT2D eigenvalue weighted by Crippen LogP contribution is -2.28. The van der Waals surface area contributed by atoms with Crippen molar-refractivity contribution < 1.29 is 4.42 Å². The van der Waals surface area contributed by atoms with Crippen LogP contribution in [0.5, 0.6) is 0 Å². The Labute approximate surface area is 288 Å². The summed E-state index contributed by atoms with van der Waals surface area (Å²) in [5.41, 5.74) is 10.4. The average Bonchev–Trinajstić information content (AvgIpc) is 3.75. The Bertz CT molecular complexity index is 2800. The van der Waals surface area contributed by atoms with E-state index in [0.717, 1.165) is 67.9 Å². The molecule has 236 valence electrons. The molecule has 5 nitrogen and oxygen atoms in total. The Kier molecular flexibility index (Phi) is 6.56. The Balaban J connectivity index is 1.32. The van der Waals surface area contributed by atoms with Crippen LogP contribution in [0.2, 0.25) is 0 Å². The predicted molar refractivity (Wildman–Crippen MR) is 202 cm³/mol. The van der Waals surface area contributed by atoms with Gasteiger partial charge in [-0.25, -0.2) is 15.0 Å². The minimum Gasteiger partial charge on any atom is -0.456 e. The van der Waals surface area contributed by atoms with Crippen LogP contribution < -0.4 is 10.6 Å². The topological polar surface area (TPSA) is 56.7 Å². The molecular weight excluding hydrogens is 613 g/mol. The van der Waals surface area contributed by atoms with Gasteiger partial charge in [-0.1, -0.05) is 121 Å². The SMILES string of the molecule is C1=c2oc3ccc4c5ccccc5n(-c5cccc(-c6ccccc6)c5)c4c3c2=C(c2nc(-c3ccccc3)nc(-c3ccccc3)n2)CC1. The standard InChI is InChI=1S/C45H30N4O/c1-4-14-29(15-5-1)32-20-12-21-33(28-32)49-37-24-11-10-22-34(37)35-26-27-39-41(42(35)49)40-36(23-13-25-38(40)50-39)45-47-43(30-16-6-2-7-17-30)46-44(48-45)31-18-8-3-9-19-31/h1-12,14-22,24-28H,13,23H2. The van der Waals surface area contributed by atoms with Gasteiger partial charge in [0.05, 0.1) is 16.4 Å². The number of para-hydroxylation sites is 1. The van der Waals surface area contributed by atoms with Gasteiger partial charge in [0.15, 0.2) is 17.5 Å². The molecule has 0 unspecified atom stereocenters. The van der Waals surface area contributed by atoms with Gasteiger partial charge in [0.1, 0.15) is 11.0 Å². The number of aromatic nitrogens is 4. The highest BCUT2D eigenvalue weighted by molar-refractivity contribution is 6.18. The van der Waals surface area contributed by atoms with Crippen molar-refractivity contribution in [2.45, 2.75) is 12.8 Å². The van der Waals surface area contributed by atoms with E-state index in [0.29, 0.717) is 17.5 Å². The quantitative estimate of drug-likeness (QED) is 0.188. The molecule has 5 heteroatoms. The van der Waals surface area contributed by atoms with Gasteiger partial charge in [-0.05, 0) is 60.4 Å². The van der Waals surface area contributed by atoms with E-state index in [1.54, 1.807) is 0 Å². The van der Waals surface area contributed by atoms with Gasteiger partial charge in [0.25, 0.3) is 0 Å². The summed E-state index contributed by atoms with van der Waals surface area (Å²) in [4.78, 5) is 15.3. The molecule has 0 saturated carbocycles. The molecule has 0 saturated heterocycles. The summed E-state index contributed by atoms with van der Waals surface area (Å²) in [5, 5.41) is 4.51. The number of rotatable bonds is 5. The molecule has 0 bridgehead atoms. The van der Waals surface area contributed by atoms with Crippen LogP contribution in [0.15, 0.2) is 156 Å². The highest BCUT2D eigenvalue weighted by Gasteiger charge is 2.23. The molecule has 0 N–H and O–H groups in total. The molecule has 3 aromatic heterocycles. The fourth-order valence-corrected chi connectivity index (χ4v) is 7.46. The molecule has 6 aromatic carbocycles. The summed E-state index contributed by atoms with van der Waals surface area (Å²) < 4.78 is 9.10. The van der Waals surface area contributed by atoms with Gasteiger partial charge in [-0.2, -0.15) is 0 Å². The number of hydrogen-bond donors (Lipinski definition) is 0. The molecule has 0 amide bonds. The lowest BCUT2D eigenvalue weighted by atomic mass is 9.99. The molecular formula is C45H30N4O. The first-order valence-corrected chi connectivity index (χ1v) is 17.0. The van der Waals surface area contributed by atoms with E-state index in [1.165, 1.54) is 21.9 Å². The molecule has 9 aromatic rings. The lowest BCUT2D eigenvalue weighted by molar-refractivity contribution is 0.571. The van der Waals surface area contributed by atoms with Crippen molar-refractivity contribution in [2.24, 2.45) is 0 Å². The second-order valence-corrected chi connectivity index (χ2v) is 12.7. The second kappa shape index (κ2) is 11.5. The van der Waals surface area contributed by atoms with Crippen molar-refractivity contribution in [1.82, 2.24) is 19.5 Å². The minimum absolute atomic E-state index is 0.655. The predicted octanol–water partition coefficient (Wildman–Crippen LogP) is 9.49. The Hall–Kier alpha value is -6.59. The zero-order valence-corrected chi connectivity index (χ0v) is 27.1. The molecule has 0 fully saturated rings. The Morgan fingerprint density at radius 3 is 1.86 bits per heavy atom. The van der Waals surface area contributed by atoms with Crippen molar-refractivity contribution in [3.63, 3.8) is 0 Å². The zero-order chi connectivity index (χ0) is 33.0. The van der Waals surface area contributed by atoms with Crippen LogP contribution >= 0.6 is 0 Å².